The van der Waals surface area contributed by atoms with E-state index in [2.05, 4.69) is 22.0 Å². The summed E-state index contributed by atoms with van der Waals surface area (Å²) in [5.74, 6) is 0. The van der Waals surface area contributed by atoms with E-state index in [1.165, 1.54) is 57.6 Å². The fourth-order valence-corrected chi connectivity index (χ4v) is 3.80. The first kappa shape index (κ1) is 12.6. The van der Waals surface area contributed by atoms with Crippen LogP contribution in [-0.2, 0) is 0 Å². The maximum atomic E-state index is 6.32. The minimum Gasteiger partial charge on any atom is -0.370 e. The maximum absolute atomic E-state index is 6.32. The molecule has 0 unspecified atom stereocenters. The molecule has 2 saturated heterocycles. The van der Waals surface area contributed by atoms with Crippen molar-refractivity contribution in [2.45, 2.75) is 44.6 Å². The van der Waals surface area contributed by atoms with E-state index in [4.69, 9.17) is 11.6 Å². The molecule has 100 valence electrons. The first-order chi connectivity index (χ1) is 8.84. The molecule has 0 aromatic rings. The van der Waals surface area contributed by atoms with Crippen LogP contribution in [0.2, 0.25) is 0 Å². The molecule has 2 fully saturated rings. The number of hydrogen-bond donors (Lipinski definition) is 0. The summed E-state index contributed by atoms with van der Waals surface area (Å²) in [6.07, 6.45) is 12.2. The van der Waals surface area contributed by atoms with Crippen LogP contribution in [0.1, 0.15) is 38.5 Å². The van der Waals surface area contributed by atoms with Gasteiger partial charge < -0.3 is 9.80 Å². The highest BCUT2D eigenvalue weighted by atomic mass is 35.5. The smallest absolute Gasteiger partial charge is 0.0596 e. The van der Waals surface area contributed by atoms with Crippen LogP contribution in [0.25, 0.3) is 0 Å². The Balaban J connectivity index is 1.56. The molecule has 18 heavy (non-hydrogen) atoms. The number of hydrogen-bond acceptors (Lipinski definition) is 2. The third-order valence-electron chi connectivity index (χ3n) is 4.53. The Bertz CT molecular complexity index is 348. The van der Waals surface area contributed by atoms with Crippen molar-refractivity contribution < 1.29 is 0 Å². The summed E-state index contributed by atoms with van der Waals surface area (Å²) in [5, 5.41) is 0.973. The second-order valence-corrected chi connectivity index (χ2v) is 6.09. The summed E-state index contributed by atoms with van der Waals surface area (Å²) in [6.45, 7) is 5.01. The average Bonchev–Trinajstić information content (AvgIpc) is 2.94. The number of likely N-dealkylation sites (tertiary alicyclic amines) is 2. The molecule has 0 spiro atoms. The van der Waals surface area contributed by atoms with Gasteiger partial charge in [-0.15, -0.1) is 0 Å². The minimum atomic E-state index is 0.829. The largest absolute Gasteiger partial charge is 0.370 e. The first-order valence-electron chi connectivity index (χ1n) is 7.40. The Morgan fingerprint density at radius 3 is 2.28 bits per heavy atom. The van der Waals surface area contributed by atoms with Gasteiger partial charge in [0.05, 0.1) is 10.7 Å². The summed E-state index contributed by atoms with van der Waals surface area (Å²) in [5.41, 5.74) is 1.29. The van der Waals surface area contributed by atoms with Gasteiger partial charge in [0, 0.05) is 19.1 Å². The average molecular weight is 267 g/mol. The van der Waals surface area contributed by atoms with Crippen molar-refractivity contribution in [3.63, 3.8) is 0 Å². The predicted octanol–water partition coefficient (Wildman–Crippen LogP) is 3.35. The SMILES string of the molecule is ClC1=CCCC=C1N1CCC(N2CCCC2)CC1. The van der Waals surface area contributed by atoms with Gasteiger partial charge in [-0.3, -0.25) is 0 Å². The molecule has 0 radical (unpaired) electrons. The van der Waals surface area contributed by atoms with Crippen LogP contribution in [0.3, 0.4) is 0 Å². The molecule has 2 nitrogen and oxygen atoms in total. The molecule has 0 N–H and O–H groups in total. The zero-order valence-electron chi connectivity index (χ0n) is 11.1. The topological polar surface area (TPSA) is 6.48 Å². The Morgan fingerprint density at radius 2 is 1.61 bits per heavy atom. The summed E-state index contributed by atoms with van der Waals surface area (Å²) >= 11 is 6.32. The van der Waals surface area contributed by atoms with Crippen molar-refractivity contribution in [2.75, 3.05) is 26.2 Å². The lowest BCUT2D eigenvalue weighted by Crippen LogP contribution is -2.43. The number of rotatable bonds is 2. The van der Waals surface area contributed by atoms with Gasteiger partial charge in [-0.1, -0.05) is 23.8 Å². The maximum Gasteiger partial charge on any atom is 0.0596 e. The van der Waals surface area contributed by atoms with Crippen LogP contribution < -0.4 is 0 Å². The second-order valence-electron chi connectivity index (χ2n) is 5.68. The van der Waals surface area contributed by atoms with Crippen LogP contribution in [0.4, 0.5) is 0 Å². The third-order valence-corrected chi connectivity index (χ3v) is 4.88. The molecular formula is C15H23ClN2. The van der Waals surface area contributed by atoms with Gasteiger partial charge in [0.15, 0.2) is 0 Å². The molecule has 2 heterocycles. The lowest BCUT2D eigenvalue weighted by atomic mass is 10.0. The number of piperidine rings is 1. The second kappa shape index (κ2) is 5.66. The lowest BCUT2D eigenvalue weighted by molar-refractivity contribution is 0.148. The van der Waals surface area contributed by atoms with Crippen molar-refractivity contribution >= 4 is 11.6 Å². The van der Waals surface area contributed by atoms with Crippen molar-refractivity contribution in [3.8, 4) is 0 Å². The van der Waals surface area contributed by atoms with Crippen molar-refractivity contribution in [2.24, 2.45) is 0 Å². The molecule has 3 aliphatic rings. The van der Waals surface area contributed by atoms with Gasteiger partial charge in [-0.2, -0.15) is 0 Å². The van der Waals surface area contributed by atoms with E-state index in [1.54, 1.807) is 0 Å². The molecule has 0 amide bonds. The van der Waals surface area contributed by atoms with Gasteiger partial charge in [-0.05, 0) is 51.6 Å². The number of nitrogens with zero attached hydrogens (tertiary/aromatic N) is 2. The Labute approximate surface area is 115 Å². The lowest BCUT2D eigenvalue weighted by Gasteiger charge is -2.39. The van der Waals surface area contributed by atoms with Gasteiger partial charge >= 0.3 is 0 Å². The summed E-state index contributed by atoms with van der Waals surface area (Å²) in [4.78, 5) is 5.19. The van der Waals surface area contributed by atoms with Gasteiger partial charge in [0.1, 0.15) is 0 Å². The fraction of sp³-hybridized carbons (Fsp3) is 0.733. The van der Waals surface area contributed by atoms with Crippen LogP contribution in [0.15, 0.2) is 22.9 Å². The van der Waals surface area contributed by atoms with Gasteiger partial charge in [0.2, 0.25) is 0 Å². The minimum absolute atomic E-state index is 0.829. The van der Waals surface area contributed by atoms with Crippen molar-refractivity contribution in [3.05, 3.63) is 22.9 Å². The number of halogens is 1. The zero-order chi connectivity index (χ0) is 12.4. The highest BCUT2D eigenvalue weighted by Crippen LogP contribution is 2.29. The van der Waals surface area contributed by atoms with E-state index in [0.29, 0.717) is 0 Å². The van der Waals surface area contributed by atoms with Crippen LogP contribution in [0, 0.1) is 0 Å². The highest BCUT2D eigenvalue weighted by molar-refractivity contribution is 6.31. The van der Waals surface area contributed by atoms with Crippen molar-refractivity contribution in [1.29, 1.82) is 0 Å². The number of allylic oxidation sites excluding steroid dienone is 3. The predicted molar refractivity (Wildman–Crippen MR) is 76.7 cm³/mol. The fourth-order valence-electron chi connectivity index (χ4n) is 3.49. The Morgan fingerprint density at radius 1 is 0.944 bits per heavy atom. The highest BCUT2D eigenvalue weighted by Gasteiger charge is 2.27. The monoisotopic (exact) mass is 266 g/mol. The molecule has 3 rings (SSSR count). The van der Waals surface area contributed by atoms with E-state index in [0.717, 1.165) is 23.9 Å². The van der Waals surface area contributed by atoms with E-state index < -0.39 is 0 Å². The van der Waals surface area contributed by atoms with Gasteiger partial charge in [0.25, 0.3) is 0 Å². The van der Waals surface area contributed by atoms with Crippen LogP contribution in [0.5, 0.6) is 0 Å². The molecule has 0 aromatic carbocycles. The molecule has 1 aliphatic carbocycles. The quantitative estimate of drug-likeness (QED) is 0.756. The van der Waals surface area contributed by atoms with E-state index in [1.807, 2.05) is 0 Å². The van der Waals surface area contributed by atoms with E-state index >= 15 is 0 Å². The molecule has 3 heteroatoms. The van der Waals surface area contributed by atoms with Crippen LogP contribution in [-0.4, -0.2) is 42.0 Å². The normalized spacial score (nSPS) is 27.3. The summed E-state index contributed by atoms with van der Waals surface area (Å²) in [7, 11) is 0. The van der Waals surface area contributed by atoms with Gasteiger partial charge in [-0.25, -0.2) is 0 Å². The molecule has 2 aliphatic heterocycles. The van der Waals surface area contributed by atoms with Crippen LogP contribution >= 0.6 is 11.6 Å². The Hall–Kier alpha value is -0.470. The standard InChI is InChI=1S/C15H23ClN2/c16-14-5-1-2-6-15(14)18-11-7-13(8-12-18)17-9-3-4-10-17/h5-6,13H,1-4,7-12H2. The zero-order valence-corrected chi connectivity index (χ0v) is 11.8. The molecule has 0 saturated carbocycles. The Kier molecular flexibility index (Phi) is 3.95. The summed E-state index contributed by atoms with van der Waals surface area (Å²) < 4.78 is 0. The van der Waals surface area contributed by atoms with E-state index in [-0.39, 0.29) is 0 Å². The molecule has 0 aromatic heterocycles. The molecule has 0 bridgehead atoms. The van der Waals surface area contributed by atoms with E-state index in [9.17, 15) is 0 Å². The third kappa shape index (κ3) is 2.60. The first-order valence-corrected chi connectivity index (χ1v) is 7.77. The van der Waals surface area contributed by atoms with Crippen molar-refractivity contribution in [1.82, 2.24) is 9.80 Å². The molecular weight excluding hydrogens is 244 g/mol. The molecule has 0 atom stereocenters. The summed E-state index contributed by atoms with van der Waals surface area (Å²) in [6, 6.07) is 0.829.